The van der Waals surface area contributed by atoms with Gasteiger partial charge in [-0.05, 0) is 57.0 Å². The summed E-state index contributed by atoms with van der Waals surface area (Å²) in [5.74, 6) is 1.22. The summed E-state index contributed by atoms with van der Waals surface area (Å²) in [5.41, 5.74) is 3.00. The number of aromatic amines is 1. The summed E-state index contributed by atoms with van der Waals surface area (Å²) < 4.78 is 15.8. The summed E-state index contributed by atoms with van der Waals surface area (Å²) in [6.07, 6.45) is 11.5. The molecule has 1 aliphatic carbocycles. The number of fused-ring (bicyclic) bond motifs is 1. The van der Waals surface area contributed by atoms with E-state index < -0.39 is 0 Å². The van der Waals surface area contributed by atoms with Crippen LogP contribution in [0.25, 0.3) is 11.0 Å². The number of benzene rings is 1. The van der Waals surface area contributed by atoms with Crippen molar-refractivity contribution in [3.63, 3.8) is 0 Å². The number of nitrogens with zero attached hydrogens (tertiary/aromatic N) is 4. The summed E-state index contributed by atoms with van der Waals surface area (Å²) in [7, 11) is 0. The van der Waals surface area contributed by atoms with E-state index in [1.165, 1.54) is 43.5 Å². The zero-order valence-electron chi connectivity index (χ0n) is 15.6. The van der Waals surface area contributed by atoms with Gasteiger partial charge in [0, 0.05) is 24.7 Å². The molecule has 1 aliphatic heterocycles. The van der Waals surface area contributed by atoms with E-state index in [1.54, 1.807) is 6.07 Å². The molecule has 2 aliphatic rings. The third-order valence-electron chi connectivity index (χ3n) is 6.29. The van der Waals surface area contributed by atoms with E-state index in [9.17, 15) is 4.39 Å². The minimum absolute atomic E-state index is 0.216. The summed E-state index contributed by atoms with van der Waals surface area (Å²) >= 11 is 0. The average Bonchev–Trinajstić information content (AvgIpc) is 3.42. The molecule has 2 aromatic heterocycles. The van der Waals surface area contributed by atoms with Gasteiger partial charge >= 0.3 is 0 Å². The van der Waals surface area contributed by atoms with E-state index in [1.807, 2.05) is 12.5 Å². The Bertz CT molecular complexity index is 916. The molecule has 5 rings (SSSR count). The minimum atomic E-state index is -0.216. The topological polar surface area (TPSA) is 49.7 Å². The second-order valence-corrected chi connectivity index (χ2v) is 8.06. The van der Waals surface area contributed by atoms with Crippen LogP contribution in [0.5, 0.6) is 0 Å². The third kappa shape index (κ3) is 3.38. The van der Waals surface area contributed by atoms with E-state index in [0.717, 1.165) is 49.3 Å². The predicted octanol–water partition coefficient (Wildman–Crippen LogP) is 4.39. The smallest absolute Gasteiger partial charge is 0.125 e. The summed E-state index contributed by atoms with van der Waals surface area (Å²) in [5, 5.41) is 0. The summed E-state index contributed by atoms with van der Waals surface area (Å²) in [4.78, 5) is 15.0. The van der Waals surface area contributed by atoms with Gasteiger partial charge in [0.25, 0.3) is 0 Å². The summed E-state index contributed by atoms with van der Waals surface area (Å²) in [6.45, 7) is 3.10. The molecule has 27 heavy (non-hydrogen) atoms. The number of aromatic nitrogens is 4. The highest BCUT2D eigenvalue weighted by molar-refractivity contribution is 5.75. The van der Waals surface area contributed by atoms with Gasteiger partial charge in [-0.2, -0.15) is 0 Å². The highest BCUT2D eigenvalue weighted by Crippen LogP contribution is 2.32. The van der Waals surface area contributed by atoms with Crippen molar-refractivity contribution in [1.82, 2.24) is 24.4 Å². The molecule has 0 bridgehead atoms. The number of piperidine rings is 1. The van der Waals surface area contributed by atoms with Gasteiger partial charge < -0.3 is 9.55 Å². The number of rotatable bonds is 4. The van der Waals surface area contributed by atoms with Crippen LogP contribution in [0, 0.1) is 5.82 Å². The van der Waals surface area contributed by atoms with Crippen LogP contribution in [0.4, 0.5) is 4.39 Å². The van der Waals surface area contributed by atoms with Crippen molar-refractivity contribution in [3.8, 4) is 0 Å². The molecule has 1 aromatic carbocycles. The second kappa shape index (κ2) is 7.08. The molecule has 6 heteroatoms. The van der Waals surface area contributed by atoms with Crippen LogP contribution < -0.4 is 0 Å². The third-order valence-corrected chi connectivity index (χ3v) is 6.29. The van der Waals surface area contributed by atoms with Gasteiger partial charge in [0.05, 0.1) is 23.1 Å². The highest BCUT2D eigenvalue weighted by atomic mass is 19.1. The van der Waals surface area contributed by atoms with Gasteiger partial charge in [0.1, 0.15) is 11.6 Å². The fraction of sp³-hybridized carbons (Fsp3) is 0.524. The lowest BCUT2D eigenvalue weighted by Gasteiger charge is -2.31. The molecule has 0 atom stereocenters. The van der Waals surface area contributed by atoms with Gasteiger partial charge in [-0.25, -0.2) is 14.4 Å². The van der Waals surface area contributed by atoms with E-state index in [2.05, 4.69) is 24.4 Å². The maximum absolute atomic E-state index is 13.4. The van der Waals surface area contributed by atoms with Crippen LogP contribution in [0.3, 0.4) is 0 Å². The fourth-order valence-electron chi connectivity index (χ4n) is 4.75. The molecule has 2 fully saturated rings. The molecule has 3 heterocycles. The van der Waals surface area contributed by atoms with E-state index >= 15 is 0 Å². The molecule has 3 aromatic rings. The van der Waals surface area contributed by atoms with E-state index in [0.29, 0.717) is 12.0 Å². The number of imidazole rings is 2. The Morgan fingerprint density at radius 3 is 2.74 bits per heavy atom. The zero-order valence-corrected chi connectivity index (χ0v) is 15.6. The van der Waals surface area contributed by atoms with Gasteiger partial charge in [0.2, 0.25) is 0 Å². The first-order valence-corrected chi connectivity index (χ1v) is 10.1. The Morgan fingerprint density at radius 1 is 1.11 bits per heavy atom. The second-order valence-electron chi connectivity index (χ2n) is 8.06. The number of hydrogen-bond donors (Lipinski definition) is 1. The lowest BCUT2D eigenvalue weighted by atomic mass is 9.96. The fourth-order valence-corrected chi connectivity index (χ4v) is 4.75. The summed E-state index contributed by atoms with van der Waals surface area (Å²) in [6, 6.07) is 5.41. The Labute approximate surface area is 158 Å². The van der Waals surface area contributed by atoms with Crippen LogP contribution in [0.15, 0.2) is 30.7 Å². The molecule has 0 spiro atoms. The largest absolute Gasteiger partial charge is 0.342 e. The molecule has 1 N–H and O–H groups in total. The molecular weight excluding hydrogens is 341 g/mol. The molecule has 0 unspecified atom stereocenters. The van der Waals surface area contributed by atoms with Crippen LogP contribution >= 0.6 is 0 Å². The van der Waals surface area contributed by atoms with Crippen LogP contribution in [-0.2, 0) is 6.54 Å². The molecular formula is C21H26FN5. The number of nitrogens with one attached hydrogen (secondary N) is 1. The van der Waals surface area contributed by atoms with Crippen molar-refractivity contribution < 1.29 is 4.39 Å². The van der Waals surface area contributed by atoms with Gasteiger partial charge in [-0.1, -0.05) is 12.8 Å². The number of hydrogen-bond acceptors (Lipinski definition) is 3. The molecule has 142 valence electrons. The van der Waals surface area contributed by atoms with Crippen molar-refractivity contribution in [3.05, 3.63) is 48.1 Å². The standard InChI is InChI=1S/C21H26FN5/c22-16-5-6-19-20(11-16)25-21(24-19)15-7-9-26(10-8-15)13-18-12-23-14-27(18)17-3-1-2-4-17/h5-6,11-12,14-15,17H,1-4,7-10,13H2,(H,24,25). The first-order chi connectivity index (χ1) is 13.3. The predicted molar refractivity (Wildman–Crippen MR) is 103 cm³/mol. The number of halogens is 1. The van der Waals surface area contributed by atoms with Crippen molar-refractivity contribution >= 4 is 11.0 Å². The van der Waals surface area contributed by atoms with Crippen molar-refractivity contribution in [2.24, 2.45) is 0 Å². The van der Waals surface area contributed by atoms with Gasteiger partial charge in [-0.15, -0.1) is 0 Å². The SMILES string of the molecule is Fc1ccc2nc(C3CCN(Cc4cncn4C4CCCC4)CC3)[nH]c2c1. The first-order valence-electron chi connectivity index (χ1n) is 10.1. The number of H-pyrrole nitrogens is 1. The van der Waals surface area contributed by atoms with Crippen molar-refractivity contribution in [2.75, 3.05) is 13.1 Å². The maximum Gasteiger partial charge on any atom is 0.125 e. The zero-order chi connectivity index (χ0) is 18.2. The Kier molecular flexibility index (Phi) is 4.44. The quantitative estimate of drug-likeness (QED) is 0.744. The van der Waals surface area contributed by atoms with E-state index in [-0.39, 0.29) is 5.82 Å². The lowest BCUT2D eigenvalue weighted by molar-refractivity contribution is 0.196. The molecule has 1 saturated heterocycles. The molecule has 0 radical (unpaired) electrons. The minimum Gasteiger partial charge on any atom is -0.342 e. The number of likely N-dealkylation sites (tertiary alicyclic amines) is 1. The maximum atomic E-state index is 13.4. The Balaban J connectivity index is 1.23. The van der Waals surface area contributed by atoms with Crippen LogP contribution in [0.2, 0.25) is 0 Å². The highest BCUT2D eigenvalue weighted by Gasteiger charge is 2.25. The Morgan fingerprint density at radius 2 is 1.93 bits per heavy atom. The van der Waals surface area contributed by atoms with E-state index in [4.69, 9.17) is 0 Å². The van der Waals surface area contributed by atoms with Gasteiger partial charge in [-0.3, -0.25) is 4.90 Å². The molecule has 5 nitrogen and oxygen atoms in total. The first kappa shape index (κ1) is 16.9. The monoisotopic (exact) mass is 367 g/mol. The normalized spacial score (nSPS) is 20.0. The Hall–Kier alpha value is -2.21. The molecule has 1 saturated carbocycles. The lowest BCUT2D eigenvalue weighted by Crippen LogP contribution is -2.33. The van der Waals surface area contributed by atoms with Crippen molar-refractivity contribution in [1.29, 1.82) is 0 Å². The van der Waals surface area contributed by atoms with Crippen LogP contribution in [0.1, 0.15) is 62.0 Å². The van der Waals surface area contributed by atoms with Crippen LogP contribution in [-0.4, -0.2) is 37.5 Å². The van der Waals surface area contributed by atoms with Crippen molar-refractivity contribution in [2.45, 2.75) is 57.0 Å². The van der Waals surface area contributed by atoms with Gasteiger partial charge in [0.15, 0.2) is 0 Å². The average molecular weight is 367 g/mol. The molecule has 0 amide bonds.